The molecule has 0 amide bonds. The first kappa shape index (κ1) is 12.6. The van der Waals surface area contributed by atoms with E-state index in [0.29, 0.717) is 6.04 Å². The van der Waals surface area contributed by atoms with Crippen LogP contribution in [0.4, 0.5) is 0 Å². The first-order valence-corrected chi connectivity index (χ1v) is 8.37. The minimum Gasteiger partial charge on any atom is -0.309 e. The van der Waals surface area contributed by atoms with Gasteiger partial charge in [0, 0.05) is 30.6 Å². The number of nitrogens with one attached hydrogen (secondary N) is 1. The van der Waals surface area contributed by atoms with E-state index < -0.39 is 0 Å². The highest BCUT2D eigenvalue weighted by Gasteiger charge is 2.24. The normalized spacial score (nSPS) is 22.3. The molecule has 3 heterocycles. The van der Waals surface area contributed by atoms with Crippen LogP contribution in [0.1, 0.15) is 27.6 Å². The fraction of sp³-hybridized carbons (Fsp3) is 0.412. The molecular weight excluding hydrogens is 264 g/mol. The number of rotatable bonds is 2. The van der Waals surface area contributed by atoms with Gasteiger partial charge in [0.25, 0.3) is 0 Å². The molecule has 0 aliphatic carbocycles. The molecule has 0 radical (unpaired) electrons. The van der Waals surface area contributed by atoms with Crippen LogP contribution in [0.2, 0.25) is 0 Å². The van der Waals surface area contributed by atoms with Crippen LogP contribution in [-0.2, 0) is 19.4 Å². The summed E-state index contributed by atoms with van der Waals surface area (Å²) in [6, 6.07) is 11.7. The molecule has 3 heteroatoms. The third kappa shape index (κ3) is 2.30. The topological polar surface area (TPSA) is 15.3 Å². The van der Waals surface area contributed by atoms with Crippen LogP contribution >= 0.6 is 11.3 Å². The monoisotopic (exact) mass is 284 g/mol. The van der Waals surface area contributed by atoms with E-state index in [2.05, 4.69) is 45.9 Å². The van der Waals surface area contributed by atoms with Crippen LogP contribution in [0.25, 0.3) is 0 Å². The third-order valence-electron chi connectivity index (χ3n) is 4.54. The fourth-order valence-electron chi connectivity index (χ4n) is 3.48. The summed E-state index contributed by atoms with van der Waals surface area (Å²) in [5.74, 6) is 0. The maximum atomic E-state index is 3.70. The van der Waals surface area contributed by atoms with Crippen molar-refractivity contribution in [3.63, 3.8) is 0 Å². The highest BCUT2D eigenvalue weighted by molar-refractivity contribution is 7.10. The van der Waals surface area contributed by atoms with Crippen molar-refractivity contribution >= 4 is 11.3 Å². The van der Waals surface area contributed by atoms with E-state index in [4.69, 9.17) is 0 Å². The fourth-order valence-corrected chi connectivity index (χ4v) is 4.37. The Kier molecular flexibility index (Phi) is 3.34. The molecule has 4 rings (SSSR count). The molecular formula is C17H20N2S. The zero-order valence-electron chi connectivity index (χ0n) is 11.6. The van der Waals surface area contributed by atoms with E-state index in [1.807, 2.05) is 11.3 Å². The van der Waals surface area contributed by atoms with Crippen molar-refractivity contribution in [2.45, 2.75) is 25.4 Å². The molecule has 1 aromatic carbocycles. The smallest absolute Gasteiger partial charge is 0.0452 e. The van der Waals surface area contributed by atoms with E-state index >= 15 is 0 Å². The largest absolute Gasteiger partial charge is 0.309 e. The van der Waals surface area contributed by atoms with Gasteiger partial charge in [-0.15, -0.1) is 11.3 Å². The van der Waals surface area contributed by atoms with Gasteiger partial charge in [0.1, 0.15) is 0 Å². The molecule has 2 aliphatic rings. The van der Waals surface area contributed by atoms with E-state index in [1.54, 1.807) is 10.4 Å². The Bertz CT molecular complexity index is 605. The number of benzene rings is 1. The van der Waals surface area contributed by atoms with Crippen LogP contribution in [0.15, 0.2) is 35.7 Å². The van der Waals surface area contributed by atoms with Gasteiger partial charge in [-0.2, -0.15) is 0 Å². The molecule has 20 heavy (non-hydrogen) atoms. The summed E-state index contributed by atoms with van der Waals surface area (Å²) in [4.78, 5) is 4.20. The van der Waals surface area contributed by atoms with E-state index in [-0.39, 0.29) is 0 Å². The Labute approximate surface area is 124 Å². The Balaban J connectivity index is 1.51. The third-order valence-corrected chi connectivity index (χ3v) is 5.57. The van der Waals surface area contributed by atoms with Crippen molar-refractivity contribution in [3.05, 3.63) is 57.3 Å². The van der Waals surface area contributed by atoms with Crippen LogP contribution in [0.3, 0.4) is 0 Å². The van der Waals surface area contributed by atoms with E-state index in [0.717, 1.165) is 19.6 Å². The second-order valence-corrected chi connectivity index (χ2v) is 6.81. The van der Waals surface area contributed by atoms with Crippen LogP contribution < -0.4 is 5.32 Å². The first-order chi connectivity index (χ1) is 9.90. The zero-order valence-corrected chi connectivity index (χ0v) is 12.5. The minimum atomic E-state index is 0.500. The summed E-state index contributed by atoms with van der Waals surface area (Å²) in [7, 11) is 0. The summed E-state index contributed by atoms with van der Waals surface area (Å²) < 4.78 is 0. The average molecular weight is 284 g/mol. The van der Waals surface area contributed by atoms with Gasteiger partial charge in [-0.3, -0.25) is 4.90 Å². The Morgan fingerprint density at radius 3 is 3.10 bits per heavy atom. The van der Waals surface area contributed by atoms with Crippen molar-refractivity contribution in [2.75, 3.05) is 19.6 Å². The quantitative estimate of drug-likeness (QED) is 0.912. The lowest BCUT2D eigenvalue weighted by Crippen LogP contribution is -2.40. The first-order valence-electron chi connectivity index (χ1n) is 7.49. The standard InChI is InChI=1S/C17H20N2S/c1-2-4-15-13(3-1)5-8-18-16(15)12-19-9-6-17-14(11-19)7-10-20-17/h1-4,7,10,16,18H,5-6,8-9,11-12H2. The molecule has 2 nitrogen and oxygen atoms in total. The van der Waals surface area contributed by atoms with Crippen molar-refractivity contribution in [3.8, 4) is 0 Å². The second-order valence-electron chi connectivity index (χ2n) is 5.81. The Morgan fingerprint density at radius 2 is 2.10 bits per heavy atom. The zero-order chi connectivity index (χ0) is 13.4. The lowest BCUT2D eigenvalue weighted by molar-refractivity contribution is 0.223. The molecule has 1 N–H and O–H groups in total. The predicted molar refractivity (Wildman–Crippen MR) is 84.2 cm³/mol. The molecule has 0 spiro atoms. The molecule has 2 aromatic rings. The van der Waals surface area contributed by atoms with Crippen molar-refractivity contribution in [1.82, 2.24) is 10.2 Å². The number of hydrogen-bond acceptors (Lipinski definition) is 3. The summed E-state index contributed by atoms with van der Waals surface area (Å²) in [6.45, 7) is 4.57. The molecule has 0 bridgehead atoms. The van der Waals surface area contributed by atoms with Gasteiger partial charge in [0.05, 0.1) is 0 Å². The van der Waals surface area contributed by atoms with Crippen LogP contribution in [-0.4, -0.2) is 24.5 Å². The average Bonchev–Trinajstić information content (AvgIpc) is 2.95. The van der Waals surface area contributed by atoms with Gasteiger partial charge < -0.3 is 5.32 Å². The maximum Gasteiger partial charge on any atom is 0.0452 e. The molecule has 1 unspecified atom stereocenters. The highest BCUT2D eigenvalue weighted by atomic mass is 32.1. The van der Waals surface area contributed by atoms with Gasteiger partial charge in [0.15, 0.2) is 0 Å². The SMILES string of the molecule is c1ccc2c(c1)CCNC2CN1CCc2sccc2C1. The molecule has 0 saturated heterocycles. The summed E-state index contributed by atoms with van der Waals surface area (Å²) in [6.07, 6.45) is 2.39. The Morgan fingerprint density at radius 1 is 1.15 bits per heavy atom. The summed E-state index contributed by atoms with van der Waals surface area (Å²) >= 11 is 1.92. The van der Waals surface area contributed by atoms with Gasteiger partial charge in [-0.1, -0.05) is 24.3 Å². The molecule has 104 valence electrons. The molecule has 0 fully saturated rings. The van der Waals surface area contributed by atoms with Crippen molar-refractivity contribution in [2.24, 2.45) is 0 Å². The predicted octanol–water partition coefficient (Wildman–Crippen LogP) is 2.99. The maximum absolute atomic E-state index is 3.70. The van der Waals surface area contributed by atoms with Crippen molar-refractivity contribution < 1.29 is 0 Å². The lowest BCUT2D eigenvalue weighted by atomic mass is 9.93. The van der Waals surface area contributed by atoms with Crippen LogP contribution in [0, 0.1) is 0 Å². The number of nitrogens with zero attached hydrogens (tertiary/aromatic N) is 1. The molecule has 1 atom stereocenters. The van der Waals surface area contributed by atoms with Gasteiger partial charge >= 0.3 is 0 Å². The van der Waals surface area contributed by atoms with Gasteiger partial charge in [0.2, 0.25) is 0 Å². The van der Waals surface area contributed by atoms with E-state index in [9.17, 15) is 0 Å². The lowest BCUT2D eigenvalue weighted by Gasteiger charge is -2.34. The van der Waals surface area contributed by atoms with Crippen molar-refractivity contribution in [1.29, 1.82) is 0 Å². The highest BCUT2D eigenvalue weighted by Crippen LogP contribution is 2.28. The number of hydrogen-bond donors (Lipinski definition) is 1. The minimum absolute atomic E-state index is 0.500. The molecule has 1 aromatic heterocycles. The van der Waals surface area contributed by atoms with E-state index in [1.165, 1.54) is 30.5 Å². The molecule has 2 aliphatic heterocycles. The summed E-state index contributed by atoms with van der Waals surface area (Å²) in [5.41, 5.74) is 4.59. The van der Waals surface area contributed by atoms with Crippen LogP contribution in [0.5, 0.6) is 0 Å². The van der Waals surface area contributed by atoms with Gasteiger partial charge in [-0.25, -0.2) is 0 Å². The number of fused-ring (bicyclic) bond motifs is 2. The molecule has 0 saturated carbocycles. The summed E-state index contributed by atoms with van der Waals surface area (Å²) in [5, 5.41) is 5.94. The second kappa shape index (κ2) is 5.32. The Hall–Kier alpha value is -1.16. The number of thiophene rings is 1. The van der Waals surface area contributed by atoms with Gasteiger partial charge in [-0.05, 0) is 47.5 Å².